The number of hydrogen-bond donors (Lipinski definition) is 4. The predicted molar refractivity (Wildman–Crippen MR) is 169 cm³/mol. The number of aromatic amines is 1. The molecule has 1 spiro atoms. The number of carbonyl (C=O) groups is 4. The highest BCUT2D eigenvalue weighted by atomic mass is 16.2. The van der Waals surface area contributed by atoms with Gasteiger partial charge in [0.25, 0.3) is 5.91 Å². The Morgan fingerprint density at radius 3 is 2.48 bits per heavy atom. The number of nitrogens with one attached hydrogen (secondary N) is 4. The molecule has 0 bridgehead atoms. The van der Waals surface area contributed by atoms with Crippen LogP contribution in [0.5, 0.6) is 0 Å². The number of fused-ring (bicyclic) bond motifs is 3. The van der Waals surface area contributed by atoms with Crippen molar-refractivity contribution in [2.24, 2.45) is 5.92 Å². The second-order valence-electron chi connectivity index (χ2n) is 12.3. The minimum Gasteiger partial charge on any atom is -0.352 e. The van der Waals surface area contributed by atoms with Crippen molar-refractivity contribution in [3.05, 3.63) is 102 Å². The summed E-state index contributed by atoms with van der Waals surface area (Å²) < 4.78 is 0. The van der Waals surface area contributed by atoms with Gasteiger partial charge in [0.15, 0.2) is 0 Å². The van der Waals surface area contributed by atoms with E-state index in [9.17, 15) is 19.2 Å². The zero-order valence-electron chi connectivity index (χ0n) is 24.9. The SMILES string of the molecule is CC(C)C[C@H](NC(=O)c1cc2ccccc2[nH]1)C(=O)N1C[C@]2(C[C@H]1CC(=O)NCc1ccccc1)C(=O)Nc1ccccc12. The van der Waals surface area contributed by atoms with Gasteiger partial charge in [0, 0.05) is 42.1 Å². The Morgan fingerprint density at radius 1 is 0.977 bits per heavy atom. The third kappa shape index (κ3) is 5.69. The molecule has 1 aromatic heterocycles. The summed E-state index contributed by atoms with van der Waals surface area (Å²) in [7, 11) is 0. The van der Waals surface area contributed by atoms with Crippen molar-refractivity contribution in [1.82, 2.24) is 20.5 Å². The molecule has 0 radical (unpaired) electrons. The van der Waals surface area contributed by atoms with Crippen LogP contribution in [0.3, 0.4) is 0 Å². The number of likely N-dealkylation sites (tertiary alicyclic amines) is 1. The van der Waals surface area contributed by atoms with E-state index in [-0.39, 0.29) is 42.5 Å². The van der Waals surface area contributed by atoms with E-state index in [1.54, 1.807) is 11.0 Å². The van der Waals surface area contributed by atoms with Gasteiger partial charge in [0.2, 0.25) is 17.7 Å². The second kappa shape index (κ2) is 12.0. The fourth-order valence-corrected chi connectivity index (χ4v) is 6.58. The molecule has 6 rings (SSSR count). The largest absolute Gasteiger partial charge is 0.352 e. The Morgan fingerprint density at radius 2 is 1.70 bits per heavy atom. The van der Waals surface area contributed by atoms with Gasteiger partial charge >= 0.3 is 0 Å². The first-order chi connectivity index (χ1) is 21.2. The Bertz CT molecular complexity index is 1680. The molecule has 1 fully saturated rings. The molecule has 4 N–H and O–H groups in total. The molecule has 0 saturated carbocycles. The number of para-hydroxylation sites is 2. The standard InChI is InChI=1S/C35H37N5O4/c1-22(2)16-30(38-32(42)29-17-24-12-6-8-14-27(24)37-29)33(43)40-21-35(26-13-7-9-15-28(26)39-34(35)44)19-25(40)18-31(41)36-20-23-10-4-3-5-11-23/h3-15,17,22,25,30,37H,16,18-21H2,1-2H3,(H,36,41)(H,38,42)(H,39,44)/t25-,30+,35+/m1/s1. The number of anilines is 1. The summed E-state index contributed by atoms with van der Waals surface area (Å²) in [6.07, 6.45) is 0.759. The van der Waals surface area contributed by atoms with Crippen molar-refractivity contribution in [3.63, 3.8) is 0 Å². The van der Waals surface area contributed by atoms with E-state index in [1.165, 1.54) is 0 Å². The second-order valence-corrected chi connectivity index (χ2v) is 12.3. The van der Waals surface area contributed by atoms with Gasteiger partial charge in [0.05, 0.1) is 5.41 Å². The summed E-state index contributed by atoms with van der Waals surface area (Å²) in [4.78, 5) is 59.4. The summed E-state index contributed by atoms with van der Waals surface area (Å²) in [5.41, 5.74) is 2.75. The van der Waals surface area contributed by atoms with Crippen LogP contribution in [-0.4, -0.2) is 52.1 Å². The van der Waals surface area contributed by atoms with E-state index in [1.807, 2.05) is 92.7 Å². The normalized spacial score (nSPS) is 19.7. The van der Waals surface area contributed by atoms with E-state index >= 15 is 0 Å². The minimum absolute atomic E-state index is 0.0418. The summed E-state index contributed by atoms with van der Waals surface area (Å²) >= 11 is 0. The fourth-order valence-electron chi connectivity index (χ4n) is 6.58. The number of carbonyl (C=O) groups excluding carboxylic acids is 4. The van der Waals surface area contributed by atoms with E-state index in [0.29, 0.717) is 25.1 Å². The van der Waals surface area contributed by atoms with Crippen molar-refractivity contribution < 1.29 is 19.2 Å². The molecule has 3 heterocycles. The van der Waals surface area contributed by atoms with Crippen LogP contribution in [0.25, 0.3) is 10.9 Å². The third-order valence-corrected chi connectivity index (χ3v) is 8.71. The average Bonchev–Trinajstić information content (AvgIpc) is 3.70. The first-order valence-corrected chi connectivity index (χ1v) is 15.1. The molecule has 2 aliphatic heterocycles. The first-order valence-electron chi connectivity index (χ1n) is 15.1. The quantitative estimate of drug-likeness (QED) is 0.229. The molecule has 9 nitrogen and oxygen atoms in total. The van der Waals surface area contributed by atoms with Crippen LogP contribution < -0.4 is 16.0 Å². The van der Waals surface area contributed by atoms with Gasteiger partial charge in [-0.25, -0.2) is 0 Å². The van der Waals surface area contributed by atoms with Crippen molar-refractivity contribution in [3.8, 4) is 0 Å². The zero-order valence-corrected chi connectivity index (χ0v) is 24.9. The molecule has 226 valence electrons. The highest BCUT2D eigenvalue weighted by molar-refractivity contribution is 6.07. The van der Waals surface area contributed by atoms with Gasteiger partial charge in [-0.05, 0) is 48.1 Å². The summed E-state index contributed by atoms with van der Waals surface area (Å²) in [6.45, 7) is 4.49. The molecule has 0 unspecified atom stereocenters. The van der Waals surface area contributed by atoms with Crippen molar-refractivity contribution in [2.45, 2.75) is 57.2 Å². The Labute approximate surface area is 256 Å². The summed E-state index contributed by atoms with van der Waals surface area (Å²) in [6, 6.07) is 25.1. The van der Waals surface area contributed by atoms with Crippen LogP contribution in [0.4, 0.5) is 5.69 Å². The highest BCUT2D eigenvalue weighted by Crippen LogP contribution is 2.47. The van der Waals surface area contributed by atoms with Gasteiger partial charge in [-0.2, -0.15) is 0 Å². The molecule has 44 heavy (non-hydrogen) atoms. The number of amides is 4. The minimum atomic E-state index is -0.972. The van der Waals surface area contributed by atoms with E-state index in [4.69, 9.17) is 0 Å². The van der Waals surface area contributed by atoms with Gasteiger partial charge in [-0.1, -0.05) is 80.6 Å². The predicted octanol–water partition coefficient (Wildman–Crippen LogP) is 4.51. The Kier molecular flexibility index (Phi) is 7.95. The molecule has 4 aromatic rings. The van der Waals surface area contributed by atoms with Crippen LogP contribution in [0.2, 0.25) is 0 Å². The molecule has 0 aliphatic carbocycles. The number of hydrogen-bond acceptors (Lipinski definition) is 4. The van der Waals surface area contributed by atoms with Crippen molar-refractivity contribution >= 4 is 40.2 Å². The lowest BCUT2D eigenvalue weighted by atomic mass is 9.79. The molecule has 1 saturated heterocycles. The van der Waals surface area contributed by atoms with Gasteiger partial charge in [-0.15, -0.1) is 0 Å². The molecule has 2 aliphatic rings. The topological polar surface area (TPSA) is 123 Å². The van der Waals surface area contributed by atoms with Crippen molar-refractivity contribution in [2.75, 3.05) is 11.9 Å². The third-order valence-electron chi connectivity index (χ3n) is 8.71. The van der Waals surface area contributed by atoms with Gasteiger partial charge < -0.3 is 25.8 Å². The fraction of sp³-hybridized carbons (Fsp3) is 0.314. The lowest BCUT2D eigenvalue weighted by Gasteiger charge is -2.30. The molecular formula is C35H37N5O4. The molecule has 3 atom stereocenters. The number of rotatable bonds is 9. The Balaban J connectivity index is 1.27. The molecule has 9 heteroatoms. The van der Waals surface area contributed by atoms with E-state index in [2.05, 4.69) is 20.9 Å². The maximum absolute atomic E-state index is 14.4. The summed E-state index contributed by atoms with van der Waals surface area (Å²) in [5, 5.41) is 9.83. The van der Waals surface area contributed by atoms with Crippen LogP contribution in [0, 0.1) is 5.92 Å². The monoisotopic (exact) mass is 591 g/mol. The number of aromatic nitrogens is 1. The van der Waals surface area contributed by atoms with Crippen LogP contribution in [-0.2, 0) is 26.3 Å². The number of benzene rings is 3. The lowest BCUT2D eigenvalue weighted by Crippen LogP contribution is -2.52. The average molecular weight is 592 g/mol. The smallest absolute Gasteiger partial charge is 0.268 e. The number of H-pyrrole nitrogens is 1. The first kappa shape index (κ1) is 29.2. The lowest BCUT2D eigenvalue weighted by molar-refractivity contribution is -0.135. The maximum atomic E-state index is 14.4. The molecule has 4 amide bonds. The van der Waals surface area contributed by atoms with Gasteiger partial charge in [-0.3, -0.25) is 19.2 Å². The molecular weight excluding hydrogens is 554 g/mol. The van der Waals surface area contributed by atoms with Crippen molar-refractivity contribution in [1.29, 1.82) is 0 Å². The van der Waals surface area contributed by atoms with E-state index < -0.39 is 17.5 Å². The van der Waals surface area contributed by atoms with Gasteiger partial charge in [0.1, 0.15) is 11.7 Å². The maximum Gasteiger partial charge on any atom is 0.268 e. The van der Waals surface area contributed by atoms with E-state index in [0.717, 1.165) is 27.7 Å². The summed E-state index contributed by atoms with van der Waals surface area (Å²) in [5.74, 6) is -0.950. The zero-order chi connectivity index (χ0) is 30.8. The highest BCUT2D eigenvalue weighted by Gasteiger charge is 2.56. The number of nitrogens with zero attached hydrogens (tertiary/aromatic N) is 1. The van der Waals surface area contributed by atoms with Crippen LogP contribution in [0.1, 0.15) is 54.7 Å². The molecule has 3 aromatic carbocycles. The Hall–Kier alpha value is -4.92. The van der Waals surface area contributed by atoms with Crippen LogP contribution in [0.15, 0.2) is 84.9 Å². The van der Waals surface area contributed by atoms with Crippen LogP contribution >= 0.6 is 0 Å².